The molecule has 9 heteroatoms. The molecule has 2 N–H and O–H groups in total. The van der Waals surface area contributed by atoms with E-state index >= 15 is 0 Å². The molecular weight excluding hydrogens is 293 g/mol. The standard InChI is InChI=1S/C12H19F3N2O4/c1-2-5-17(8-12(13,14)15)10(20)16-11(9(18)19)3-6-21-7-4-11/h2-8H2,1H3,(H,16,20)(H,18,19). The molecule has 2 amide bonds. The second-order valence-electron chi connectivity index (χ2n) is 4.97. The average Bonchev–Trinajstić information content (AvgIpc) is 2.37. The van der Waals surface area contributed by atoms with Crippen molar-refractivity contribution < 1.29 is 32.6 Å². The molecule has 1 fully saturated rings. The number of amides is 2. The first-order valence-corrected chi connectivity index (χ1v) is 6.65. The predicted molar refractivity (Wildman–Crippen MR) is 66.9 cm³/mol. The number of aliphatic carboxylic acids is 1. The Bertz CT molecular complexity index is 381. The van der Waals surface area contributed by atoms with Crippen molar-refractivity contribution in [3.8, 4) is 0 Å². The molecule has 0 bridgehead atoms. The lowest BCUT2D eigenvalue weighted by molar-refractivity contribution is -0.149. The third-order valence-corrected chi connectivity index (χ3v) is 3.25. The van der Waals surface area contributed by atoms with Crippen LogP contribution in [0.3, 0.4) is 0 Å². The van der Waals surface area contributed by atoms with E-state index in [0.29, 0.717) is 11.3 Å². The van der Waals surface area contributed by atoms with Crippen molar-refractivity contribution in [3.05, 3.63) is 0 Å². The number of nitrogens with one attached hydrogen (secondary N) is 1. The fraction of sp³-hybridized carbons (Fsp3) is 0.833. The van der Waals surface area contributed by atoms with Gasteiger partial charge in [-0.25, -0.2) is 9.59 Å². The predicted octanol–water partition coefficient (Wildman–Crippen LogP) is 1.60. The van der Waals surface area contributed by atoms with Crippen LogP contribution in [0.5, 0.6) is 0 Å². The van der Waals surface area contributed by atoms with Gasteiger partial charge in [0.25, 0.3) is 0 Å². The van der Waals surface area contributed by atoms with E-state index in [2.05, 4.69) is 5.32 Å². The first kappa shape index (κ1) is 17.5. The normalized spacial score (nSPS) is 18.1. The first-order valence-electron chi connectivity index (χ1n) is 6.65. The lowest BCUT2D eigenvalue weighted by Crippen LogP contribution is -2.61. The molecule has 0 unspecified atom stereocenters. The van der Waals surface area contributed by atoms with Crippen LogP contribution >= 0.6 is 0 Å². The molecule has 0 aromatic rings. The number of urea groups is 1. The van der Waals surface area contributed by atoms with Crippen LogP contribution in [0, 0.1) is 0 Å². The molecule has 1 saturated heterocycles. The zero-order valence-electron chi connectivity index (χ0n) is 11.7. The highest BCUT2D eigenvalue weighted by Gasteiger charge is 2.43. The number of carboxylic acid groups (broad SMARTS) is 1. The molecule has 122 valence electrons. The summed E-state index contributed by atoms with van der Waals surface area (Å²) < 4.78 is 42.4. The molecule has 0 aliphatic carbocycles. The highest BCUT2D eigenvalue weighted by molar-refractivity contribution is 5.86. The average molecular weight is 312 g/mol. The summed E-state index contributed by atoms with van der Waals surface area (Å²) in [4.78, 5) is 23.9. The number of carboxylic acids is 1. The van der Waals surface area contributed by atoms with Gasteiger partial charge in [-0.05, 0) is 6.42 Å². The quantitative estimate of drug-likeness (QED) is 0.808. The van der Waals surface area contributed by atoms with Gasteiger partial charge in [-0.2, -0.15) is 13.2 Å². The molecule has 1 aliphatic heterocycles. The zero-order valence-corrected chi connectivity index (χ0v) is 11.7. The second kappa shape index (κ2) is 6.97. The molecule has 0 aromatic heterocycles. The largest absolute Gasteiger partial charge is 0.480 e. The maximum atomic E-state index is 12.5. The fourth-order valence-electron chi connectivity index (χ4n) is 2.13. The monoisotopic (exact) mass is 312 g/mol. The van der Waals surface area contributed by atoms with Crippen molar-refractivity contribution in [2.75, 3.05) is 26.3 Å². The van der Waals surface area contributed by atoms with E-state index in [1.807, 2.05) is 0 Å². The summed E-state index contributed by atoms with van der Waals surface area (Å²) >= 11 is 0. The first-order chi connectivity index (χ1) is 9.70. The summed E-state index contributed by atoms with van der Waals surface area (Å²) in [5.74, 6) is -1.26. The molecule has 1 aliphatic rings. The fourth-order valence-corrected chi connectivity index (χ4v) is 2.13. The minimum Gasteiger partial charge on any atom is -0.480 e. The van der Waals surface area contributed by atoms with Crippen molar-refractivity contribution in [3.63, 3.8) is 0 Å². The summed E-state index contributed by atoms with van der Waals surface area (Å²) in [6, 6.07) is -1.02. The Kier molecular flexibility index (Phi) is 5.82. The van der Waals surface area contributed by atoms with E-state index in [-0.39, 0.29) is 32.6 Å². The number of nitrogens with zero attached hydrogens (tertiary/aromatic N) is 1. The van der Waals surface area contributed by atoms with Gasteiger partial charge in [0.15, 0.2) is 0 Å². The van der Waals surface area contributed by atoms with Crippen LogP contribution in [0.1, 0.15) is 26.2 Å². The summed E-state index contributed by atoms with van der Waals surface area (Å²) in [5, 5.41) is 11.5. The maximum absolute atomic E-state index is 12.5. The Labute approximate surface area is 120 Å². The van der Waals surface area contributed by atoms with Gasteiger partial charge in [-0.3, -0.25) is 0 Å². The molecule has 0 aromatic carbocycles. The topological polar surface area (TPSA) is 78.9 Å². The van der Waals surface area contributed by atoms with Crippen molar-refractivity contribution in [1.29, 1.82) is 0 Å². The molecular formula is C12H19F3N2O4. The van der Waals surface area contributed by atoms with E-state index in [4.69, 9.17) is 4.74 Å². The molecule has 6 nitrogen and oxygen atoms in total. The number of carbonyl (C=O) groups is 2. The lowest BCUT2D eigenvalue weighted by Gasteiger charge is -2.36. The Morgan fingerprint density at radius 2 is 1.90 bits per heavy atom. The molecule has 21 heavy (non-hydrogen) atoms. The summed E-state index contributed by atoms with van der Waals surface area (Å²) in [5.41, 5.74) is -1.56. The Balaban J connectivity index is 2.80. The van der Waals surface area contributed by atoms with Gasteiger partial charge in [-0.1, -0.05) is 6.92 Å². The van der Waals surface area contributed by atoms with Gasteiger partial charge in [-0.15, -0.1) is 0 Å². The summed E-state index contributed by atoms with van der Waals surface area (Å²) in [6.07, 6.45) is -4.13. The van der Waals surface area contributed by atoms with Gasteiger partial charge < -0.3 is 20.1 Å². The van der Waals surface area contributed by atoms with E-state index < -0.39 is 30.3 Å². The molecule has 0 atom stereocenters. The number of halogens is 3. The Morgan fingerprint density at radius 3 is 2.33 bits per heavy atom. The van der Waals surface area contributed by atoms with E-state index in [9.17, 15) is 27.9 Å². The van der Waals surface area contributed by atoms with Crippen LogP contribution in [0.4, 0.5) is 18.0 Å². The summed E-state index contributed by atoms with van der Waals surface area (Å²) in [7, 11) is 0. The summed E-state index contributed by atoms with van der Waals surface area (Å²) in [6.45, 7) is 0.410. The third-order valence-electron chi connectivity index (χ3n) is 3.25. The van der Waals surface area contributed by atoms with Gasteiger partial charge in [0.1, 0.15) is 12.1 Å². The number of carbonyl (C=O) groups excluding carboxylic acids is 1. The molecule has 0 saturated carbocycles. The van der Waals surface area contributed by atoms with Crippen molar-refractivity contribution >= 4 is 12.0 Å². The lowest BCUT2D eigenvalue weighted by atomic mass is 9.90. The van der Waals surface area contributed by atoms with Crippen LogP contribution in [-0.4, -0.2) is 60.0 Å². The van der Waals surface area contributed by atoms with Crippen LogP contribution in [-0.2, 0) is 9.53 Å². The van der Waals surface area contributed by atoms with Gasteiger partial charge in [0.2, 0.25) is 0 Å². The second-order valence-corrected chi connectivity index (χ2v) is 4.97. The smallest absolute Gasteiger partial charge is 0.406 e. The number of hydrogen-bond acceptors (Lipinski definition) is 3. The third kappa shape index (κ3) is 5.07. The van der Waals surface area contributed by atoms with E-state index in [0.717, 1.165) is 0 Å². The number of alkyl halides is 3. The van der Waals surface area contributed by atoms with Crippen LogP contribution in [0.25, 0.3) is 0 Å². The molecule has 1 rings (SSSR count). The van der Waals surface area contributed by atoms with Gasteiger partial charge in [0.05, 0.1) is 0 Å². The Morgan fingerprint density at radius 1 is 1.33 bits per heavy atom. The minimum atomic E-state index is -4.53. The molecule has 1 heterocycles. The van der Waals surface area contributed by atoms with Crippen molar-refractivity contribution in [1.82, 2.24) is 10.2 Å². The van der Waals surface area contributed by atoms with Crippen molar-refractivity contribution in [2.45, 2.75) is 37.9 Å². The van der Waals surface area contributed by atoms with Crippen LogP contribution in [0.15, 0.2) is 0 Å². The highest BCUT2D eigenvalue weighted by atomic mass is 19.4. The highest BCUT2D eigenvalue weighted by Crippen LogP contribution is 2.22. The van der Waals surface area contributed by atoms with Crippen LogP contribution in [0.2, 0.25) is 0 Å². The minimum absolute atomic E-state index is 0.0278. The SMILES string of the molecule is CCCN(CC(F)(F)F)C(=O)NC1(C(=O)O)CCOCC1. The number of rotatable bonds is 5. The van der Waals surface area contributed by atoms with Gasteiger partial charge >= 0.3 is 18.2 Å². The van der Waals surface area contributed by atoms with Crippen LogP contribution < -0.4 is 5.32 Å². The number of hydrogen-bond donors (Lipinski definition) is 2. The maximum Gasteiger partial charge on any atom is 0.406 e. The molecule has 0 radical (unpaired) electrons. The zero-order chi connectivity index (χ0) is 16.1. The van der Waals surface area contributed by atoms with E-state index in [1.165, 1.54) is 0 Å². The van der Waals surface area contributed by atoms with E-state index in [1.54, 1.807) is 6.92 Å². The Hall–Kier alpha value is -1.51. The van der Waals surface area contributed by atoms with Gasteiger partial charge in [0, 0.05) is 32.6 Å². The number of ether oxygens (including phenoxy) is 1. The molecule has 0 spiro atoms. The van der Waals surface area contributed by atoms with Crippen molar-refractivity contribution in [2.24, 2.45) is 0 Å².